The number of hydrogen-bond donors (Lipinski definition) is 2. The van der Waals surface area contributed by atoms with Crippen molar-refractivity contribution in [3.8, 4) is 0 Å². The van der Waals surface area contributed by atoms with Crippen LogP contribution in [-0.4, -0.2) is 43.1 Å². The summed E-state index contributed by atoms with van der Waals surface area (Å²) >= 11 is 3.50. The first-order chi connectivity index (χ1) is 13.2. The zero-order chi connectivity index (χ0) is 18.9. The predicted octanol–water partition coefficient (Wildman–Crippen LogP) is 4.42. The van der Waals surface area contributed by atoms with Crippen LogP contribution in [0.2, 0.25) is 0 Å². The van der Waals surface area contributed by atoms with Crippen LogP contribution >= 0.6 is 39.9 Å². The minimum atomic E-state index is 0. The number of nitrogens with one attached hydrogen (secondary N) is 2. The number of benzene rings is 1. The van der Waals surface area contributed by atoms with Crippen molar-refractivity contribution in [3.05, 3.63) is 58.5 Å². The number of halogens is 2. The maximum atomic E-state index is 5.37. The highest BCUT2D eigenvalue weighted by Crippen LogP contribution is 2.16. The van der Waals surface area contributed by atoms with E-state index in [1.807, 2.05) is 12.1 Å². The lowest BCUT2D eigenvalue weighted by molar-refractivity contribution is 0.198. The Morgan fingerprint density at radius 2 is 1.96 bits per heavy atom. The molecule has 0 radical (unpaired) electrons. The number of furan rings is 1. The number of guanidine groups is 1. The molecule has 0 spiro atoms. The molecule has 2 heterocycles. The molecule has 0 atom stereocenters. The first-order valence-electron chi connectivity index (χ1n) is 9.77. The second-order valence-corrected chi connectivity index (χ2v) is 7.83. The van der Waals surface area contributed by atoms with Crippen LogP contribution < -0.4 is 10.6 Å². The van der Waals surface area contributed by atoms with Crippen LogP contribution in [0.1, 0.15) is 31.1 Å². The average Bonchev–Trinajstić information content (AvgIpc) is 3.19. The third kappa shape index (κ3) is 7.75. The van der Waals surface area contributed by atoms with E-state index in [0.717, 1.165) is 68.2 Å². The van der Waals surface area contributed by atoms with Crippen LogP contribution in [0, 0.1) is 0 Å². The van der Waals surface area contributed by atoms with E-state index >= 15 is 0 Å². The molecule has 0 aliphatic carbocycles. The van der Waals surface area contributed by atoms with Gasteiger partial charge in [0.2, 0.25) is 0 Å². The van der Waals surface area contributed by atoms with E-state index in [9.17, 15) is 0 Å². The fourth-order valence-corrected chi connectivity index (χ4v) is 3.59. The summed E-state index contributed by atoms with van der Waals surface area (Å²) in [5.41, 5.74) is 1.37. The number of piperidine rings is 1. The summed E-state index contributed by atoms with van der Waals surface area (Å²) < 4.78 is 6.51. The molecule has 5 nitrogen and oxygen atoms in total. The summed E-state index contributed by atoms with van der Waals surface area (Å²) in [4.78, 5) is 7.22. The van der Waals surface area contributed by atoms with Crippen LogP contribution in [0.25, 0.3) is 0 Å². The summed E-state index contributed by atoms with van der Waals surface area (Å²) in [6.07, 6.45) is 4.82. The largest absolute Gasteiger partial charge is 0.469 e. The van der Waals surface area contributed by atoms with Crippen molar-refractivity contribution in [2.45, 2.75) is 38.8 Å². The summed E-state index contributed by atoms with van der Waals surface area (Å²) in [6, 6.07) is 13.0. The molecule has 2 N–H and O–H groups in total. The molecule has 0 saturated carbocycles. The SMILES string of the molecule is CCNC(=NCCc1ccco1)NC1CCN(Cc2ccc(Br)cc2)CC1.I. The van der Waals surface area contributed by atoms with Gasteiger partial charge in [-0.05, 0) is 49.6 Å². The van der Waals surface area contributed by atoms with Crippen molar-refractivity contribution in [3.63, 3.8) is 0 Å². The van der Waals surface area contributed by atoms with Gasteiger partial charge in [-0.2, -0.15) is 0 Å². The first kappa shape index (κ1) is 23.2. The van der Waals surface area contributed by atoms with Gasteiger partial charge in [0.15, 0.2) is 5.96 Å². The van der Waals surface area contributed by atoms with Crippen molar-refractivity contribution in [2.75, 3.05) is 26.2 Å². The number of rotatable bonds is 7. The Kier molecular flexibility index (Phi) is 10.4. The lowest BCUT2D eigenvalue weighted by Crippen LogP contribution is -2.48. The highest BCUT2D eigenvalue weighted by molar-refractivity contribution is 14.0. The van der Waals surface area contributed by atoms with Gasteiger partial charge in [0, 0.05) is 49.7 Å². The fourth-order valence-electron chi connectivity index (χ4n) is 3.33. The molecule has 0 amide bonds. The molecule has 7 heteroatoms. The van der Waals surface area contributed by atoms with E-state index in [2.05, 4.69) is 62.7 Å². The lowest BCUT2D eigenvalue weighted by atomic mass is 10.0. The van der Waals surface area contributed by atoms with Crippen molar-refractivity contribution < 1.29 is 4.42 Å². The zero-order valence-electron chi connectivity index (χ0n) is 16.4. The smallest absolute Gasteiger partial charge is 0.191 e. The molecular formula is C21H30BrIN4O. The third-order valence-electron chi connectivity index (χ3n) is 4.80. The van der Waals surface area contributed by atoms with E-state index in [4.69, 9.17) is 9.41 Å². The monoisotopic (exact) mass is 560 g/mol. The molecule has 154 valence electrons. The molecule has 1 aliphatic rings. The Balaban J connectivity index is 0.00000280. The maximum Gasteiger partial charge on any atom is 0.191 e. The van der Waals surface area contributed by atoms with E-state index in [0.29, 0.717) is 6.04 Å². The summed E-state index contributed by atoms with van der Waals surface area (Å²) in [6.45, 7) is 6.95. The first-order valence-corrected chi connectivity index (χ1v) is 10.6. The number of nitrogens with zero attached hydrogens (tertiary/aromatic N) is 2. The Morgan fingerprint density at radius 1 is 1.21 bits per heavy atom. The minimum absolute atomic E-state index is 0. The topological polar surface area (TPSA) is 52.8 Å². The fraction of sp³-hybridized carbons (Fsp3) is 0.476. The lowest BCUT2D eigenvalue weighted by Gasteiger charge is -2.33. The van der Waals surface area contributed by atoms with Crippen LogP contribution in [0.4, 0.5) is 0 Å². The Bertz CT molecular complexity index is 698. The highest BCUT2D eigenvalue weighted by Gasteiger charge is 2.20. The van der Waals surface area contributed by atoms with Crippen LogP contribution in [0.3, 0.4) is 0 Å². The Labute approximate surface area is 193 Å². The summed E-state index contributed by atoms with van der Waals surface area (Å²) in [7, 11) is 0. The quantitative estimate of drug-likeness (QED) is 0.299. The minimum Gasteiger partial charge on any atom is -0.469 e. The standard InChI is InChI=1S/C21H29BrN4O.HI/c1-2-23-21(24-12-9-20-4-3-15-27-20)25-19-10-13-26(14-11-19)16-17-5-7-18(22)8-6-17;/h3-8,15,19H,2,9-14,16H2,1H3,(H2,23,24,25);1H. The number of likely N-dealkylation sites (tertiary alicyclic amines) is 1. The Hall–Kier alpha value is -1.06. The molecule has 1 aromatic heterocycles. The Morgan fingerprint density at radius 3 is 2.61 bits per heavy atom. The van der Waals surface area contributed by atoms with Crippen LogP contribution in [-0.2, 0) is 13.0 Å². The van der Waals surface area contributed by atoms with E-state index in [1.165, 1.54) is 5.56 Å². The van der Waals surface area contributed by atoms with Gasteiger partial charge >= 0.3 is 0 Å². The van der Waals surface area contributed by atoms with E-state index < -0.39 is 0 Å². The molecule has 0 unspecified atom stereocenters. The van der Waals surface area contributed by atoms with E-state index in [1.54, 1.807) is 6.26 Å². The molecule has 1 aromatic carbocycles. The molecule has 1 saturated heterocycles. The van der Waals surface area contributed by atoms with Crippen LogP contribution in [0.15, 0.2) is 56.5 Å². The van der Waals surface area contributed by atoms with Crippen molar-refractivity contribution in [1.29, 1.82) is 0 Å². The van der Waals surface area contributed by atoms with Gasteiger partial charge < -0.3 is 15.1 Å². The van der Waals surface area contributed by atoms with Crippen molar-refractivity contribution in [2.24, 2.45) is 4.99 Å². The molecule has 2 aromatic rings. The van der Waals surface area contributed by atoms with Gasteiger partial charge in [0.05, 0.1) is 6.26 Å². The highest BCUT2D eigenvalue weighted by atomic mass is 127. The molecular weight excluding hydrogens is 531 g/mol. The predicted molar refractivity (Wildman–Crippen MR) is 129 cm³/mol. The average molecular weight is 561 g/mol. The second-order valence-electron chi connectivity index (χ2n) is 6.91. The van der Waals surface area contributed by atoms with Gasteiger partial charge in [-0.25, -0.2) is 0 Å². The zero-order valence-corrected chi connectivity index (χ0v) is 20.3. The molecule has 3 rings (SSSR count). The maximum absolute atomic E-state index is 5.37. The summed E-state index contributed by atoms with van der Waals surface area (Å²) in [5, 5.41) is 6.96. The van der Waals surface area contributed by atoms with Gasteiger partial charge in [0.1, 0.15) is 5.76 Å². The molecule has 0 bridgehead atoms. The third-order valence-corrected chi connectivity index (χ3v) is 5.33. The molecule has 1 aliphatic heterocycles. The molecule has 28 heavy (non-hydrogen) atoms. The van der Waals surface area contributed by atoms with Crippen LogP contribution in [0.5, 0.6) is 0 Å². The summed E-state index contributed by atoms with van der Waals surface area (Å²) in [5.74, 6) is 1.89. The van der Waals surface area contributed by atoms with Crippen molar-refractivity contribution in [1.82, 2.24) is 15.5 Å². The number of hydrogen-bond acceptors (Lipinski definition) is 3. The van der Waals surface area contributed by atoms with Gasteiger partial charge in [-0.1, -0.05) is 28.1 Å². The van der Waals surface area contributed by atoms with Gasteiger partial charge in [-0.15, -0.1) is 24.0 Å². The molecule has 1 fully saturated rings. The second kappa shape index (κ2) is 12.5. The van der Waals surface area contributed by atoms with E-state index in [-0.39, 0.29) is 24.0 Å². The van der Waals surface area contributed by atoms with Gasteiger partial charge in [-0.3, -0.25) is 9.89 Å². The van der Waals surface area contributed by atoms with Gasteiger partial charge in [0.25, 0.3) is 0 Å². The number of aliphatic imine (C=N–C) groups is 1. The normalized spacial score (nSPS) is 15.9. The van der Waals surface area contributed by atoms with Crippen molar-refractivity contribution >= 4 is 45.9 Å².